The van der Waals surface area contributed by atoms with Crippen molar-refractivity contribution in [1.29, 1.82) is 0 Å². The summed E-state index contributed by atoms with van der Waals surface area (Å²) >= 11 is 0. The zero-order valence-corrected chi connectivity index (χ0v) is 11.4. The van der Waals surface area contributed by atoms with Crippen molar-refractivity contribution in [3.63, 3.8) is 0 Å². The van der Waals surface area contributed by atoms with Crippen molar-refractivity contribution in [3.05, 3.63) is 30.3 Å². The standard InChI is InChI=1S/C14H22N4/c1-11-9-15-14(17-11)16-10-12(2)18(3)13-7-5-4-6-8-13/h4-8,11-12H,9-10H2,1-3H3,(H2,15,16,17). The van der Waals surface area contributed by atoms with Gasteiger partial charge in [-0.3, -0.25) is 4.99 Å². The van der Waals surface area contributed by atoms with Gasteiger partial charge in [-0.05, 0) is 26.0 Å². The molecule has 0 spiro atoms. The molecule has 18 heavy (non-hydrogen) atoms. The molecule has 1 heterocycles. The first-order chi connectivity index (χ1) is 8.66. The molecule has 2 unspecified atom stereocenters. The Morgan fingerprint density at radius 2 is 2.17 bits per heavy atom. The molecule has 1 aromatic carbocycles. The lowest BCUT2D eigenvalue weighted by Crippen LogP contribution is -2.44. The molecular formula is C14H22N4. The van der Waals surface area contributed by atoms with Crippen LogP contribution in [-0.4, -0.2) is 38.2 Å². The van der Waals surface area contributed by atoms with Gasteiger partial charge in [0.2, 0.25) is 0 Å². The predicted octanol–water partition coefficient (Wildman–Crippen LogP) is 1.45. The fourth-order valence-corrected chi connectivity index (χ4v) is 1.96. The molecule has 0 saturated carbocycles. The number of nitrogens with one attached hydrogen (secondary N) is 2. The Hall–Kier alpha value is -1.71. The monoisotopic (exact) mass is 246 g/mol. The lowest BCUT2D eigenvalue weighted by molar-refractivity contribution is 0.647. The first-order valence-electron chi connectivity index (χ1n) is 6.49. The van der Waals surface area contributed by atoms with Gasteiger partial charge in [-0.1, -0.05) is 18.2 Å². The summed E-state index contributed by atoms with van der Waals surface area (Å²) in [7, 11) is 2.12. The molecule has 4 nitrogen and oxygen atoms in total. The topological polar surface area (TPSA) is 39.7 Å². The third kappa shape index (κ3) is 3.15. The molecule has 2 atom stereocenters. The third-order valence-corrected chi connectivity index (χ3v) is 3.30. The average molecular weight is 246 g/mol. The molecule has 0 aromatic heterocycles. The SMILES string of the molecule is CC1CN=C(NCC(C)N(C)c2ccccc2)N1. The lowest BCUT2D eigenvalue weighted by Gasteiger charge is -2.27. The maximum Gasteiger partial charge on any atom is 0.191 e. The van der Waals surface area contributed by atoms with Gasteiger partial charge < -0.3 is 15.5 Å². The van der Waals surface area contributed by atoms with Crippen molar-refractivity contribution in [2.75, 3.05) is 25.0 Å². The van der Waals surface area contributed by atoms with Gasteiger partial charge in [-0.25, -0.2) is 0 Å². The van der Waals surface area contributed by atoms with Gasteiger partial charge in [-0.2, -0.15) is 0 Å². The van der Waals surface area contributed by atoms with Crippen LogP contribution in [-0.2, 0) is 0 Å². The molecule has 1 aliphatic rings. The molecule has 2 N–H and O–H groups in total. The van der Waals surface area contributed by atoms with Crippen LogP contribution in [0.15, 0.2) is 35.3 Å². The van der Waals surface area contributed by atoms with Crippen LogP contribution in [0.2, 0.25) is 0 Å². The van der Waals surface area contributed by atoms with Gasteiger partial charge in [0, 0.05) is 31.4 Å². The van der Waals surface area contributed by atoms with E-state index in [4.69, 9.17) is 0 Å². The second kappa shape index (κ2) is 5.76. The van der Waals surface area contributed by atoms with Crippen LogP contribution in [0.4, 0.5) is 5.69 Å². The van der Waals surface area contributed by atoms with Crippen molar-refractivity contribution < 1.29 is 0 Å². The molecule has 0 amide bonds. The number of guanidine groups is 1. The number of rotatable bonds is 4. The second-order valence-electron chi connectivity index (χ2n) is 4.91. The molecule has 98 valence electrons. The van der Waals surface area contributed by atoms with Gasteiger partial charge in [0.25, 0.3) is 0 Å². The molecule has 0 saturated heterocycles. The Morgan fingerprint density at radius 1 is 1.44 bits per heavy atom. The van der Waals surface area contributed by atoms with E-state index in [-0.39, 0.29) is 0 Å². The van der Waals surface area contributed by atoms with E-state index in [0.29, 0.717) is 12.1 Å². The van der Waals surface area contributed by atoms with Crippen LogP contribution >= 0.6 is 0 Å². The quantitative estimate of drug-likeness (QED) is 0.844. The number of nitrogens with zero attached hydrogens (tertiary/aromatic N) is 2. The molecule has 2 rings (SSSR count). The maximum atomic E-state index is 4.40. The van der Waals surface area contributed by atoms with Crippen LogP contribution in [0.25, 0.3) is 0 Å². The van der Waals surface area contributed by atoms with Crippen LogP contribution < -0.4 is 15.5 Å². The highest BCUT2D eigenvalue weighted by atomic mass is 15.2. The number of anilines is 1. The Morgan fingerprint density at radius 3 is 2.78 bits per heavy atom. The molecule has 0 fully saturated rings. The molecule has 0 bridgehead atoms. The van der Waals surface area contributed by atoms with E-state index < -0.39 is 0 Å². The number of aliphatic imine (C=N–C) groups is 1. The van der Waals surface area contributed by atoms with Crippen molar-refractivity contribution in [1.82, 2.24) is 10.6 Å². The maximum absolute atomic E-state index is 4.40. The Labute approximate surface area is 109 Å². The minimum absolute atomic E-state index is 0.410. The predicted molar refractivity (Wildman–Crippen MR) is 77.2 cm³/mol. The highest BCUT2D eigenvalue weighted by Crippen LogP contribution is 2.13. The molecule has 0 aliphatic carbocycles. The van der Waals surface area contributed by atoms with Gasteiger partial charge in [-0.15, -0.1) is 0 Å². The summed E-state index contributed by atoms with van der Waals surface area (Å²) in [6.07, 6.45) is 0. The summed E-state index contributed by atoms with van der Waals surface area (Å²) in [5, 5.41) is 6.67. The highest BCUT2D eigenvalue weighted by Gasteiger charge is 2.14. The number of para-hydroxylation sites is 1. The number of likely N-dealkylation sites (N-methyl/N-ethyl adjacent to an activating group) is 1. The van der Waals surface area contributed by atoms with Crippen molar-refractivity contribution in [2.45, 2.75) is 25.9 Å². The smallest absolute Gasteiger partial charge is 0.191 e. The van der Waals surface area contributed by atoms with Crippen molar-refractivity contribution in [3.8, 4) is 0 Å². The van der Waals surface area contributed by atoms with E-state index in [1.807, 2.05) is 6.07 Å². The van der Waals surface area contributed by atoms with Gasteiger partial charge in [0.1, 0.15) is 0 Å². The van der Waals surface area contributed by atoms with E-state index >= 15 is 0 Å². The van der Waals surface area contributed by atoms with E-state index in [9.17, 15) is 0 Å². The van der Waals surface area contributed by atoms with Crippen LogP contribution in [0, 0.1) is 0 Å². The second-order valence-corrected chi connectivity index (χ2v) is 4.91. The highest BCUT2D eigenvalue weighted by molar-refractivity contribution is 5.81. The average Bonchev–Trinajstić information content (AvgIpc) is 2.82. The van der Waals surface area contributed by atoms with Gasteiger partial charge in [0.15, 0.2) is 5.96 Å². The summed E-state index contributed by atoms with van der Waals surface area (Å²) in [6.45, 7) is 6.09. The van der Waals surface area contributed by atoms with Crippen LogP contribution in [0.1, 0.15) is 13.8 Å². The van der Waals surface area contributed by atoms with E-state index in [2.05, 4.69) is 65.7 Å². The summed E-state index contributed by atoms with van der Waals surface area (Å²) in [4.78, 5) is 6.67. The first kappa shape index (κ1) is 12.7. The molecule has 1 aliphatic heterocycles. The Balaban J connectivity index is 1.83. The van der Waals surface area contributed by atoms with Gasteiger partial charge in [0.05, 0.1) is 6.54 Å². The number of hydrogen-bond acceptors (Lipinski definition) is 4. The fraction of sp³-hybridized carbons (Fsp3) is 0.500. The van der Waals surface area contributed by atoms with Crippen molar-refractivity contribution in [2.24, 2.45) is 4.99 Å². The summed E-state index contributed by atoms with van der Waals surface area (Å²) in [5.41, 5.74) is 1.24. The number of hydrogen-bond donors (Lipinski definition) is 2. The van der Waals surface area contributed by atoms with E-state index in [0.717, 1.165) is 19.0 Å². The first-order valence-corrected chi connectivity index (χ1v) is 6.49. The zero-order valence-electron chi connectivity index (χ0n) is 11.4. The van der Waals surface area contributed by atoms with Gasteiger partial charge >= 0.3 is 0 Å². The Bertz CT molecular complexity index is 402. The van der Waals surface area contributed by atoms with Crippen LogP contribution in [0.5, 0.6) is 0 Å². The normalized spacial score (nSPS) is 19.9. The largest absolute Gasteiger partial charge is 0.370 e. The molecular weight excluding hydrogens is 224 g/mol. The van der Waals surface area contributed by atoms with Crippen molar-refractivity contribution >= 4 is 11.6 Å². The fourth-order valence-electron chi connectivity index (χ4n) is 1.96. The molecule has 4 heteroatoms. The summed E-state index contributed by atoms with van der Waals surface area (Å²) < 4.78 is 0. The molecule has 0 radical (unpaired) electrons. The number of benzene rings is 1. The third-order valence-electron chi connectivity index (χ3n) is 3.30. The van der Waals surface area contributed by atoms with E-state index in [1.165, 1.54) is 5.69 Å². The van der Waals surface area contributed by atoms with Crippen LogP contribution in [0.3, 0.4) is 0 Å². The summed E-state index contributed by atoms with van der Waals surface area (Å²) in [6, 6.07) is 11.3. The Kier molecular flexibility index (Phi) is 4.07. The van der Waals surface area contributed by atoms with E-state index in [1.54, 1.807) is 0 Å². The lowest BCUT2D eigenvalue weighted by atomic mass is 10.2. The minimum atomic E-state index is 0.410. The minimum Gasteiger partial charge on any atom is -0.370 e. The zero-order chi connectivity index (χ0) is 13.0. The summed E-state index contributed by atoms with van der Waals surface area (Å²) in [5.74, 6) is 0.927. The molecule has 1 aromatic rings.